The van der Waals surface area contributed by atoms with E-state index in [9.17, 15) is 19.2 Å². The van der Waals surface area contributed by atoms with Gasteiger partial charge in [0.2, 0.25) is 0 Å². The Bertz CT molecular complexity index is 1640. The van der Waals surface area contributed by atoms with E-state index in [1.807, 2.05) is 0 Å². The first-order chi connectivity index (χ1) is 34.0. The van der Waals surface area contributed by atoms with Gasteiger partial charge in [-0.15, -0.1) is 0 Å². The minimum atomic E-state index is -0.882. The molecule has 10 nitrogen and oxygen atoms in total. The Balaban J connectivity index is 1.10. The van der Waals surface area contributed by atoms with Crippen molar-refractivity contribution in [2.45, 2.75) is 230 Å². The zero-order valence-corrected chi connectivity index (χ0v) is 43.5. The molecule has 390 valence electrons. The fourth-order valence-corrected chi connectivity index (χ4v) is 13.2. The number of hydrogen-bond donors (Lipinski definition) is 0. The number of esters is 4. The molecule has 0 aromatic carbocycles. The maximum Gasteiger partial charge on any atom is 0.330 e. The van der Waals surface area contributed by atoms with E-state index in [2.05, 4.69) is 50.7 Å². The highest BCUT2D eigenvalue weighted by molar-refractivity contribution is 5.81. The lowest BCUT2D eigenvalue weighted by molar-refractivity contribution is -0.166. The summed E-state index contributed by atoms with van der Waals surface area (Å²) < 4.78 is 35.6. The largest absolute Gasteiger partial charge is 0.462 e. The van der Waals surface area contributed by atoms with Crippen molar-refractivity contribution in [3.05, 3.63) is 25.3 Å². The lowest BCUT2D eigenvalue weighted by atomic mass is 9.67. The average molecular weight is 971 g/mol. The fourth-order valence-electron chi connectivity index (χ4n) is 13.2. The zero-order chi connectivity index (χ0) is 49.6. The minimum Gasteiger partial charge on any atom is -0.462 e. The molecule has 0 aliphatic heterocycles. The van der Waals surface area contributed by atoms with Crippen molar-refractivity contribution < 1.29 is 47.6 Å². The molecule has 0 spiro atoms. The van der Waals surface area contributed by atoms with E-state index in [4.69, 9.17) is 28.4 Å². The van der Waals surface area contributed by atoms with Gasteiger partial charge in [-0.2, -0.15) is 0 Å². The Hall–Kier alpha value is -3.60. The second-order valence-corrected chi connectivity index (χ2v) is 22.3. The molecule has 0 bridgehead atoms. The van der Waals surface area contributed by atoms with Crippen molar-refractivity contribution in [2.24, 2.45) is 47.3 Å². The SMILES string of the molecule is C=CC(=O)OCCCOC1CCC(C(=O)OC2(C#CC#CC3(OC(=O)C4CCC(OCCCOC(=O)C=C)CC4)CCC(C4CCC(CCC)CC4)CC3)CCC(C3CCC(CCC)CC3)CC2)CC1. The molecule has 10 heteroatoms. The molecule has 6 fully saturated rings. The van der Waals surface area contributed by atoms with Crippen molar-refractivity contribution in [1.29, 1.82) is 0 Å². The van der Waals surface area contributed by atoms with Crippen LogP contribution in [0.2, 0.25) is 0 Å². The van der Waals surface area contributed by atoms with Gasteiger partial charge in [-0.05, 0) is 188 Å². The van der Waals surface area contributed by atoms with E-state index in [1.54, 1.807) is 0 Å². The molecule has 6 aliphatic rings. The molecule has 70 heavy (non-hydrogen) atoms. The molecule has 6 saturated carbocycles. The third-order valence-electron chi connectivity index (χ3n) is 17.5. The van der Waals surface area contributed by atoms with Gasteiger partial charge in [-0.25, -0.2) is 9.59 Å². The molecular formula is C60H90O10. The Labute approximate surface area is 422 Å². The van der Waals surface area contributed by atoms with Gasteiger partial charge in [0, 0.05) is 25.0 Å². The Morgan fingerprint density at radius 2 is 0.814 bits per heavy atom. The monoisotopic (exact) mass is 971 g/mol. The molecule has 0 saturated heterocycles. The molecule has 0 aromatic rings. The Morgan fingerprint density at radius 1 is 0.471 bits per heavy atom. The van der Waals surface area contributed by atoms with Crippen molar-refractivity contribution in [3.63, 3.8) is 0 Å². The maximum atomic E-state index is 14.1. The molecule has 0 radical (unpaired) electrons. The highest BCUT2D eigenvalue weighted by Crippen LogP contribution is 2.47. The lowest BCUT2D eigenvalue weighted by Crippen LogP contribution is -2.42. The van der Waals surface area contributed by atoms with Crippen LogP contribution < -0.4 is 0 Å². The first kappa shape index (κ1) is 55.7. The molecule has 6 aliphatic carbocycles. The minimum absolute atomic E-state index is 0.0747. The third-order valence-corrected chi connectivity index (χ3v) is 17.5. The average Bonchev–Trinajstić information content (AvgIpc) is 3.39. The molecule has 0 unspecified atom stereocenters. The second kappa shape index (κ2) is 29.2. The standard InChI is InChI=1S/C60H90O10/c1-5-13-45-15-19-47(20-16-45)49-31-37-59(38-32-49,69-57(63)51-23-27-53(28-24-51)65-41-11-43-67-55(61)7-3)35-9-10-36-60(39-33-50(34-40-60)48-21-17-46(14-6-2)18-22-48)70-58(64)52-25-29-54(30-26-52)66-42-12-44-68-56(62)8-4/h7-8,45-54H,3-6,11-34,37-44H2,1-2H3. The molecular weight excluding hydrogens is 881 g/mol. The van der Waals surface area contributed by atoms with Crippen molar-refractivity contribution in [1.82, 2.24) is 0 Å². The summed E-state index contributed by atoms with van der Waals surface area (Å²) in [6, 6.07) is 0. The second-order valence-electron chi connectivity index (χ2n) is 22.3. The van der Waals surface area contributed by atoms with Crippen LogP contribution in [-0.4, -0.2) is 73.7 Å². The van der Waals surface area contributed by atoms with E-state index >= 15 is 0 Å². The fraction of sp³-hybridized carbons (Fsp3) is 0.800. The number of rotatable bonds is 22. The van der Waals surface area contributed by atoms with Gasteiger partial charge >= 0.3 is 23.9 Å². The highest BCUT2D eigenvalue weighted by Gasteiger charge is 2.44. The number of hydrogen-bond acceptors (Lipinski definition) is 10. The van der Waals surface area contributed by atoms with Crippen LogP contribution in [0.15, 0.2) is 25.3 Å². The molecule has 6 rings (SSSR count). The number of carbonyl (C=O) groups is 4. The maximum absolute atomic E-state index is 14.1. The zero-order valence-electron chi connectivity index (χ0n) is 43.5. The van der Waals surface area contributed by atoms with Crippen molar-refractivity contribution in [3.8, 4) is 23.7 Å². The van der Waals surface area contributed by atoms with Crippen molar-refractivity contribution >= 4 is 23.9 Å². The van der Waals surface area contributed by atoms with E-state index in [0.717, 1.165) is 101 Å². The Kier molecular flexibility index (Phi) is 23.2. The van der Waals surface area contributed by atoms with Gasteiger partial charge in [0.25, 0.3) is 0 Å². The third kappa shape index (κ3) is 17.6. The summed E-state index contributed by atoms with van der Waals surface area (Å²) in [7, 11) is 0. The topological polar surface area (TPSA) is 124 Å². The van der Waals surface area contributed by atoms with Gasteiger partial charge in [0.05, 0.1) is 50.5 Å². The summed E-state index contributed by atoms with van der Waals surface area (Å²) in [5.74, 6) is 16.4. The van der Waals surface area contributed by atoms with Crippen LogP contribution >= 0.6 is 0 Å². The van der Waals surface area contributed by atoms with Crippen molar-refractivity contribution in [2.75, 3.05) is 26.4 Å². The van der Waals surface area contributed by atoms with Crippen LogP contribution in [0, 0.1) is 71.0 Å². The molecule has 0 aromatic heterocycles. The lowest BCUT2D eigenvalue weighted by Gasteiger charge is -2.41. The van der Waals surface area contributed by atoms with Gasteiger partial charge in [-0.3, -0.25) is 9.59 Å². The molecule has 0 heterocycles. The van der Waals surface area contributed by atoms with Crippen LogP contribution in [0.5, 0.6) is 0 Å². The van der Waals surface area contributed by atoms with E-state index < -0.39 is 23.1 Å². The number of carbonyl (C=O) groups excluding carboxylic acids is 4. The van der Waals surface area contributed by atoms with E-state index in [-0.39, 0.29) is 36.0 Å². The predicted molar refractivity (Wildman–Crippen MR) is 273 cm³/mol. The Morgan fingerprint density at radius 3 is 1.14 bits per heavy atom. The summed E-state index contributed by atoms with van der Waals surface area (Å²) in [6.07, 6.45) is 32.3. The highest BCUT2D eigenvalue weighted by atomic mass is 16.6. The molecule has 0 amide bonds. The quantitative estimate of drug-likeness (QED) is 0.0340. The van der Waals surface area contributed by atoms with E-state index in [1.165, 1.54) is 89.2 Å². The van der Waals surface area contributed by atoms with Gasteiger partial charge in [0.1, 0.15) is 0 Å². The summed E-state index contributed by atoms with van der Waals surface area (Å²) in [5, 5.41) is 0. The van der Waals surface area contributed by atoms with Gasteiger partial charge in [-0.1, -0.05) is 78.4 Å². The molecule has 0 atom stereocenters. The summed E-state index contributed by atoms with van der Waals surface area (Å²) >= 11 is 0. The first-order valence-corrected chi connectivity index (χ1v) is 28.4. The normalized spacial score (nSPS) is 33.4. The van der Waals surface area contributed by atoms with Crippen LogP contribution in [0.3, 0.4) is 0 Å². The number of ether oxygens (including phenoxy) is 6. The van der Waals surface area contributed by atoms with Gasteiger partial charge in [0.15, 0.2) is 11.2 Å². The summed E-state index contributed by atoms with van der Waals surface area (Å²) in [6.45, 7) is 13.1. The summed E-state index contributed by atoms with van der Waals surface area (Å²) in [5.41, 5.74) is -1.76. The smallest absolute Gasteiger partial charge is 0.330 e. The molecule has 0 N–H and O–H groups in total. The van der Waals surface area contributed by atoms with Crippen LogP contribution in [0.1, 0.15) is 206 Å². The van der Waals surface area contributed by atoms with E-state index in [0.29, 0.717) is 76.8 Å². The first-order valence-electron chi connectivity index (χ1n) is 28.4. The van der Waals surface area contributed by atoms with Crippen LogP contribution in [-0.2, 0) is 47.6 Å². The van der Waals surface area contributed by atoms with Crippen LogP contribution in [0.4, 0.5) is 0 Å². The summed E-state index contributed by atoms with van der Waals surface area (Å²) in [4.78, 5) is 50.9. The predicted octanol–water partition coefficient (Wildman–Crippen LogP) is 12.5. The van der Waals surface area contributed by atoms with Gasteiger partial charge < -0.3 is 28.4 Å². The van der Waals surface area contributed by atoms with Crippen LogP contribution in [0.25, 0.3) is 0 Å².